The Balaban J connectivity index is 1.29. The molecule has 37 heavy (non-hydrogen) atoms. The second-order valence-corrected chi connectivity index (χ2v) is 10.3. The number of thiophene rings is 1. The molecule has 2 amide bonds. The number of benzene rings is 2. The van der Waals surface area contributed by atoms with E-state index in [1.807, 2.05) is 29.2 Å². The molecule has 1 fully saturated rings. The van der Waals surface area contributed by atoms with Gasteiger partial charge < -0.3 is 24.4 Å². The fraction of sp³-hybridized carbons (Fsp3) is 0.222. The lowest BCUT2D eigenvalue weighted by Crippen LogP contribution is -2.48. The fourth-order valence-corrected chi connectivity index (χ4v) is 5.32. The van der Waals surface area contributed by atoms with Crippen LogP contribution in [-0.4, -0.2) is 60.0 Å². The predicted molar refractivity (Wildman–Crippen MR) is 146 cm³/mol. The molecule has 2 aromatic carbocycles. The van der Waals surface area contributed by atoms with Gasteiger partial charge in [-0.1, -0.05) is 11.6 Å². The number of carbonyl (C=O) groups excluding carboxylic acids is 2. The minimum absolute atomic E-state index is 0.0263. The summed E-state index contributed by atoms with van der Waals surface area (Å²) in [4.78, 5) is 39.9. The van der Waals surface area contributed by atoms with Crippen LogP contribution in [0.25, 0.3) is 0 Å². The molecule has 1 aliphatic rings. The Hall–Kier alpha value is -3.82. The molecule has 1 saturated heterocycles. The molecule has 1 N–H and O–H groups in total. The van der Waals surface area contributed by atoms with E-state index < -0.39 is 0 Å². The topological polar surface area (TPSA) is 81.8 Å². The monoisotopic (exact) mass is 535 g/mol. The van der Waals surface area contributed by atoms with Crippen LogP contribution in [0.5, 0.6) is 5.75 Å². The van der Waals surface area contributed by atoms with Crippen molar-refractivity contribution in [3.05, 3.63) is 93.7 Å². The van der Waals surface area contributed by atoms with Gasteiger partial charge in [0.2, 0.25) is 0 Å². The van der Waals surface area contributed by atoms with Crippen molar-refractivity contribution in [2.24, 2.45) is 0 Å². The first-order valence-electron chi connectivity index (χ1n) is 11.8. The van der Waals surface area contributed by atoms with Crippen LogP contribution in [0.1, 0.15) is 25.7 Å². The van der Waals surface area contributed by atoms with Crippen molar-refractivity contribution in [3.63, 3.8) is 0 Å². The van der Waals surface area contributed by atoms with Gasteiger partial charge in [0.05, 0.1) is 34.9 Å². The van der Waals surface area contributed by atoms with Gasteiger partial charge in [0.15, 0.2) is 0 Å². The third-order valence-electron chi connectivity index (χ3n) is 6.34. The zero-order valence-electron chi connectivity index (χ0n) is 20.3. The molecule has 0 unspecified atom stereocenters. The van der Waals surface area contributed by atoms with E-state index in [0.29, 0.717) is 40.2 Å². The predicted octanol–water partition coefficient (Wildman–Crippen LogP) is 4.94. The van der Waals surface area contributed by atoms with Gasteiger partial charge in [0.25, 0.3) is 11.8 Å². The zero-order valence-corrected chi connectivity index (χ0v) is 21.8. The maximum absolute atomic E-state index is 13.5. The summed E-state index contributed by atoms with van der Waals surface area (Å²) in [6.45, 7) is 3.09. The lowest BCUT2D eigenvalue weighted by molar-refractivity contribution is 0.0751. The number of methoxy groups -OCH3 is 1. The summed E-state index contributed by atoms with van der Waals surface area (Å²) >= 11 is 7.30. The second kappa shape index (κ2) is 11.1. The van der Waals surface area contributed by atoms with Gasteiger partial charge in [-0.05, 0) is 60.7 Å². The normalized spacial score (nSPS) is 13.5. The number of hydrogen-bond donors (Lipinski definition) is 1. The number of hydrogen-bond acceptors (Lipinski definition) is 6. The molecule has 10 heteroatoms. The van der Waals surface area contributed by atoms with Gasteiger partial charge in [0, 0.05) is 49.3 Å². The largest absolute Gasteiger partial charge is 0.497 e. The van der Waals surface area contributed by atoms with Crippen molar-refractivity contribution in [2.75, 3.05) is 43.1 Å². The van der Waals surface area contributed by atoms with Crippen molar-refractivity contribution in [2.45, 2.75) is 6.54 Å². The van der Waals surface area contributed by atoms with Crippen LogP contribution in [0.4, 0.5) is 11.4 Å². The third kappa shape index (κ3) is 5.63. The first-order valence-corrected chi connectivity index (χ1v) is 13.0. The van der Waals surface area contributed by atoms with E-state index in [9.17, 15) is 9.59 Å². The van der Waals surface area contributed by atoms with E-state index in [2.05, 4.69) is 14.9 Å². The maximum atomic E-state index is 13.5. The Labute approximate surface area is 224 Å². The summed E-state index contributed by atoms with van der Waals surface area (Å²) in [5, 5.41) is 0. The van der Waals surface area contributed by atoms with Gasteiger partial charge in [0.1, 0.15) is 5.75 Å². The van der Waals surface area contributed by atoms with E-state index >= 15 is 0 Å². The number of rotatable bonds is 7. The number of ether oxygens (including phenoxy) is 1. The van der Waals surface area contributed by atoms with Gasteiger partial charge in [-0.2, -0.15) is 0 Å². The Morgan fingerprint density at radius 2 is 1.76 bits per heavy atom. The van der Waals surface area contributed by atoms with E-state index in [4.69, 9.17) is 16.3 Å². The van der Waals surface area contributed by atoms with Crippen LogP contribution >= 0.6 is 22.9 Å². The highest BCUT2D eigenvalue weighted by Crippen LogP contribution is 2.27. The molecule has 1 aliphatic heterocycles. The van der Waals surface area contributed by atoms with Gasteiger partial charge >= 0.3 is 0 Å². The molecule has 0 atom stereocenters. The van der Waals surface area contributed by atoms with Gasteiger partial charge in [-0.25, -0.2) is 4.98 Å². The quantitative estimate of drug-likeness (QED) is 0.362. The first kappa shape index (κ1) is 24.9. The molecule has 0 bridgehead atoms. The van der Waals surface area contributed by atoms with E-state index in [1.54, 1.807) is 60.9 Å². The number of nitrogens with one attached hydrogen (secondary N) is 1. The molecule has 0 radical (unpaired) electrons. The number of piperazine rings is 1. The third-order valence-corrected chi connectivity index (χ3v) is 7.56. The van der Waals surface area contributed by atoms with Crippen molar-refractivity contribution in [1.82, 2.24) is 14.9 Å². The SMILES string of the molecule is COc1ccc(C(=O)N(Cc2cnc[nH]2)c2ccc(N3CCN(C(=O)c4ccc(Cl)s4)CC3)cc2)cc1. The summed E-state index contributed by atoms with van der Waals surface area (Å²) in [6.07, 6.45) is 3.32. The number of aromatic amines is 1. The fourth-order valence-electron chi connectivity index (χ4n) is 4.31. The van der Waals surface area contributed by atoms with Crippen LogP contribution in [0.3, 0.4) is 0 Å². The van der Waals surface area contributed by atoms with Crippen LogP contribution in [0.15, 0.2) is 73.2 Å². The second-order valence-electron chi connectivity index (χ2n) is 8.60. The van der Waals surface area contributed by atoms with Crippen molar-refractivity contribution in [3.8, 4) is 5.75 Å². The molecular weight excluding hydrogens is 510 g/mol. The summed E-state index contributed by atoms with van der Waals surface area (Å²) < 4.78 is 5.84. The zero-order chi connectivity index (χ0) is 25.8. The number of imidazole rings is 1. The molecule has 2 aromatic heterocycles. The molecular formula is C27H26ClN5O3S. The molecule has 8 nitrogen and oxygen atoms in total. The smallest absolute Gasteiger partial charge is 0.264 e. The van der Waals surface area contributed by atoms with E-state index in [0.717, 1.165) is 30.2 Å². The number of carbonyl (C=O) groups is 2. The van der Waals surface area contributed by atoms with Crippen LogP contribution < -0.4 is 14.5 Å². The van der Waals surface area contributed by atoms with Gasteiger partial charge in [-0.15, -0.1) is 11.3 Å². The number of aromatic nitrogens is 2. The Morgan fingerprint density at radius 3 is 2.35 bits per heavy atom. The summed E-state index contributed by atoms with van der Waals surface area (Å²) in [5.41, 5.74) is 3.23. The maximum Gasteiger partial charge on any atom is 0.264 e. The summed E-state index contributed by atoms with van der Waals surface area (Å²) in [6, 6.07) is 18.6. The number of H-pyrrole nitrogens is 1. The first-order chi connectivity index (χ1) is 18.0. The summed E-state index contributed by atoms with van der Waals surface area (Å²) in [7, 11) is 1.60. The Bertz CT molecular complexity index is 1350. The summed E-state index contributed by atoms with van der Waals surface area (Å²) in [5.74, 6) is 0.603. The van der Waals surface area contributed by atoms with E-state index in [-0.39, 0.29) is 11.8 Å². The molecule has 0 aliphatic carbocycles. The highest BCUT2D eigenvalue weighted by Gasteiger charge is 2.24. The number of nitrogens with zero attached hydrogens (tertiary/aromatic N) is 4. The molecule has 5 rings (SSSR count). The highest BCUT2D eigenvalue weighted by molar-refractivity contribution is 7.17. The molecule has 3 heterocycles. The minimum Gasteiger partial charge on any atom is -0.497 e. The lowest BCUT2D eigenvalue weighted by atomic mass is 10.1. The van der Waals surface area contributed by atoms with Crippen molar-refractivity contribution < 1.29 is 14.3 Å². The van der Waals surface area contributed by atoms with Crippen LogP contribution in [-0.2, 0) is 6.54 Å². The lowest BCUT2D eigenvalue weighted by Gasteiger charge is -2.36. The highest BCUT2D eigenvalue weighted by atomic mass is 35.5. The van der Waals surface area contributed by atoms with Crippen molar-refractivity contribution >= 4 is 46.1 Å². The standard InChI is InChI=1S/C27H26ClN5O3S/c1-36-23-8-2-19(3-9-23)26(34)33(17-20-16-29-18-30-20)22-6-4-21(5-7-22)31-12-14-32(15-13-31)27(35)24-10-11-25(28)37-24/h2-11,16,18H,12-15,17H2,1H3,(H,29,30). The number of anilines is 2. The Kier molecular flexibility index (Phi) is 7.43. The van der Waals surface area contributed by atoms with E-state index in [1.165, 1.54) is 11.3 Å². The average Bonchev–Trinajstić information content (AvgIpc) is 3.63. The molecule has 0 spiro atoms. The molecule has 0 saturated carbocycles. The molecule has 190 valence electrons. The average molecular weight is 536 g/mol. The van der Waals surface area contributed by atoms with Crippen molar-refractivity contribution in [1.29, 1.82) is 0 Å². The molecule has 4 aromatic rings. The van der Waals surface area contributed by atoms with Gasteiger partial charge in [-0.3, -0.25) is 9.59 Å². The van der Waals surface area contributed by atoms with Crippen LogP contribution in [0, 0.1) is 0 Å². The van der Waals surface area contributed by atoms with Crippen LogP contribution in [0.2, 0.25) is 4.34 Å². The number of amides is 2. The minimum atomic E-state index is -0.120. The number of halogens is 1. The Morgan fingerprint density at radius 1 is 1.03 bits per heavy atom.